The van der Waals surface area contributed by atoms with Crippen molar-refractivity contribution in [1.82, 2.24) is 0 Å². The molecular weight excluding hydrogens is 376 g/mol. The van der Waals surface area contributed by atoms with Crippen molar-refractivity contribution in [2.45, 2.75) is 38.8 Å². The number of hydrogen-bond donors (Lipinski definition) is 2. The molecule has 152 valence electrons. The molecule has 1 saturated heterocycles. The van der Waals surface area contributed by atoms with E-state index in [4.69, 9.17) is 15.2 Å². The molecule has 0 bridgehead atoms. The summed E-state index contributed by atoms with van der Waals surface area (Å²) in [6, 6.07) is 15.1. The number of ether oxygens (including phenoxy) is 2. The number of carbonyl (C=O) groups is 1. The van der Waals surface area contributed by atoms with Crippen LogP contribution in [0.1, 0.15) is 36.9 Å². The van der Waals surface area contributed by atoms with Gasteiger partial charge < -0.3 is 20.5 Å². The Balaban J connectivity index is 0.00000280. The highest BCUT2D eigenvalue weighted by Crippen LogP contribution is 2.26. The number of nitrogens with two attached hydrogens (primary N) is 1. The zero-order valence-electron chi connectivity index (χ0n) is 16.4. The Morgan fingerprint density at radius 3 is 2.50 bits per heavy atom. The van der Waals surface area contributed by atoms with Crippen LogP contribution in [-0.4, -0.2) is 25.2 Å². The molecule has 1 fully saturated rings. The van der Waals surface area contributed by atoms with Crippen molar-refractivity contribution >= 4 is 24.0 Å². The summed E-state index contributed by atoms with van der Waals surface area (Å²) in [5, 5.41) is 2.97. The van der Waals surface area contributed by atoms with Gasteiger partial charge in [0.1, 0.15) is 11.9 Å². The van der Waals surface area contributed by atoms with Gasteiger partial charge in [0.25, 0.3) is 0 Å². The maximum absolute atomic E-state index is 12.6. The number of aryl methyl sites for hydroxylation is 1. The Hall–Kier alpha value is -2.08. The van der Waals surface area contributed by atoms with E-state index in [-0.39, 0.29) is 36.4 Å². The Morgan fingerprint density at radius 2 is 1.86 bits per heavy atom. The van der Waals surface area contributed by atoms with Gasteiger partial charge in [-0.05, 0) is 36.2 Å². The molecule has 1 heterocycles. The van der Waals surface area contributed by atoms with Crippen LogP contribution in [0.4, 0.5) is 5.69 Å². The van der Waals surface area contributed by atoms with Crippen LogP contribution in [0.25, 0.3) is 0 Å². The van der Waals surface area contributed by atoms with E-state index in [0.29, 0.717) is 0 Å². The van der Waals surface area contributed by atoms with Crippen molar-refractivity contribution in [2.24, 2.45) is 11.7 Å². The van der Waals surface area contributed by atoms with E-state index in [1.54, 1.807) is 0 Å². The van der Waals surface area contributed by atoms with Gasteiger partial charge in [0.2, 0.25) is 5.91 Å². The number of rotatable bonds is 6. The minimum Gasteiger partial charge on any atom is -0.490 e. The van der Waals surface area contributed by atoms with Crippen LogP contribution < -0.4 is 15.8 Å². The van der Waals surface area contributed by atoms with E-state index in [1.165, 1.54) is 0 Å². The van der Waals surface area contributed by atoms with Crippen LogP contribution >= 0.6 is 12.4 Å². The van der Waals surface area contributed by atoms with Crippen LogP contribution in [0, 0.1) is 12.8 Å². The molecule has 2 aromatic rings. The predicted octanol–water partition coefficient (Wildman–Crippen LogP) is 4.25. The van der Waals surface area contributed by atoms with Gasteiger partial charge in [-0.1, -0.05) is 37.3 Å². The lowest BCUT2D eigenvalue weighted by molar-refractivity contribution is -0.120. The lowest BCUT2D eigenvalue weighted by Crippen LogP contribution is -2.30. The molecule has 3 N–H and O–H groups in total. The van der Waals surface area contributed by atoms with Crippen molar-refractivity contribution in [3.63, 3.8) is 0 Å². The van der Waals surface area contributed by atoms with Crippen LogP contribution in [0.15, 0.2) is 48.5 Å². The van der Waals surface area contributed by atoms with Crippen molar-refractivity contribution in [3.8, 4) is 5.75 Å². The maximum Gasteiger partial charge on any atom is 0.229 e. The zero-order chi connectivity index (χ0) is 19.2. The van der Waals surface area contributed by atoms with Gasteiger partial charge in [0.05, 0.1) is 19.1 Å². The smallest absolute Gasteiger partial charge is 0.229 e. The fourth-order valence-corrected chi connectivity index (χ4v) is 3.22. The Kier molecular flexibility index (Phi) is 8.30. The number of nitrogens with one attached hydrogen (secondary N) is 1. The number of benzene rings is 2. The van der Waals surface area contributed by atoms with Gasteiger partial charge in [-0.3, -0.25) is 4.79 Å². The zero-order valence-corrected chi connectivity index (χ0v) is 17.2. The van der Waals surface area contributed by atoms with Gasteiger partial charge in [-0.2, -0.15) is 0 Å². The van der Waals surface area contributed by atoms with Gasteiger partial charge in [0, 0.05) is 24.6 Å². The summed E-state index contributed by atoms with van der Waals surface area (Å²) in [6.45, 7) is 5.33. The maximum atomic E-state index is 12.6. The molecule has 0 radical (unpaired) electrons. The third kappa shape index (κ3) is 5.71. The average molecular weight is 405 g/mol. The van der Waals surface area contributed by atoms with Crippen LogP contribution in [0.5, 0.6) is 5.75 Å². The van der Waals surface area contributed by atoms with E-state index in [2.05, 4.69) is 5.32 Å². The van der Waals surface area contributed by atoms with Crippen molar-refractivity contribution in [3.05, 3.63) is 59.7 Å². The molecule has 1 amide bonds. The van der Waals surface area contributed by atoms with Gasteiger partial charge in [0.15, 0.2) is 0 Å². The van der Waals surface area contributed by atoms with Gasteiger partial charge in [-0.25, -0.2) is 0 Å². The fourth-order valence-electron chi connectivity index (χ4n) is 3.22. The summed E-state index contributed by atoms with van der Waals surface area (Å²) < 4.78 is 11.4. The van der Waals surface area contributed by atoms with Gasteiger partial charge >= 0.3 is 0 Å². The number of anilines is 1. The monoisotopic (exact) mass is 404 g/mol. The highest BCUT2D eigenvalue weighted by atomic mass is 35.5. The number of carbonyl (C=O) groups excluding carboxylic acids is 1. The first kappa shape index (κ1) is 22.2. The summed E-state index contributed by atoms with van der Waals surface area (Å²) in [5.41, 5.74) is 8.97. The summed E-state index contributed by atoms with van der Waals surface area (Å²) in [6.07, 6.45) is 2.02. The van der Waals surface area contributed by atoms with Crippen LogP contribution in [-0.2, 0) is 9.53 Å². The fraction of sp³-hybridized carbons (Fsp3) is 0.409. The van der Waals surface area contributed by atoms with E-state index in [9.17, 15) is 4.79 Å². The van der Waals surface area contributed by atoms with E-state index >= 15 is 0 Å². The number of amides is 1. The summed E-state index contributed by atoms with van der Waals surface area (Å²) in [7, 11) is 0. The first-order valence-corrected chi connectivity index (χ1v) is 9.51. The molecule has 2 aromatic carbocycles. The Bertz CT molecular complexity index is 764. The first-order chi connectivity index (χ1) is 13.0. The molecular formula is C22H29ClN2O3. The van der Waals surface area contributed by atoms with Crippen molar-refractivity contribution in [2.75, 3.05) is 18.5 Å². The number of hydrogen-bond acceptors (Lipinski definition) is 4. The molecule has 6 heteroatoms. The van der Waals surface area contributed by atoms with Gasteiger partial charge in [-0.15, -0.1) is 12.4 Å². The molecule has 0 aromatic heterocycles. The molecule has 2 unspecified atom stereocenters. The highest BCUT2D eigenvalue weighted by molar-refractivity contribution is 5.93. The van der Waals surface area contributed by atoms with Crippen molar-refractivity contribution in [1.29, 1.82) is 0 Å². The van der Waals surface area contributed by atoms with Crippen LogP contribution in [0.3, 0.4) is 0 Å². The quantitative estimate of drug-likeness (QED) is 0.754. The average Bonchev–Trinajstić information content (AvgIpc) is 2.70. The lowest BCUT2D eigenvalue weighted by Gasteiger charge is -2.24. The SMILES string of the molecule is Cc1cc(NC(=O)C(C)C(N)c2ccccc2)ccc1OC1CCOCC1.Cl. The normalized spacial score (nSPS) is 16.5. The van der Waals surface area contributed by atoms with Crippen molar-refractivity contribution < 1.29 is 14.3 Å². The van der Waals surface area contributed by atoms with E-state index in [1.807, 2.05) is 62.4 Å². The molecule has 1 aliphatic heterocycles. The lowest BCUT2D eigenvalue weighted by atomic mass is 9.94. The second-order valence-electron chi connectivity index (χ2n) is 7.12. The standard InChI is InChI=1S/C22H28N2O3.ClH/c1-15-14-18(8-9-20(15)27-19-10-12-26-13-11-19)24-22(25)16(2)21(23)17-6-4-3-5-7-17;/h3-9,14,16,19,21H,10-13,23H2,1-2H3,(H,24,25);1H. The molecule has 0 saturated carbocycles. The van der Waals surface area contributed by atoms with Crippen LogP contribution in [0.2, 0.25) is 0 Å². The first-order valence-electron chi connectivity index (χ1n) is 9.51. The summed E-state index contributed by atoms with van der Waals surface area (Å²) in [4.78, 5) is 12.6. The molecule has 0 spiro atoms. The number of halogens is 1. The molecule has 2 atom stereocenters. The van der Waals surface area contributed by atoms with E-state index in [0.717, 1.165) is 48.6 Å². The second-order valence-corrected chi connectivity index (χ2v) is 7.12. The Labute approximate surface area is 173 Å². The molecule has 28 heavy (non-hydrogen) atoms. The highest BCUT2D eigenvalue weighted by Gasteiger charge is 2.22. The second kappa shape index (κ2) is 10.5. The molecule has 0 aliphatic carbocycles. The predicted molar refractivity (Wildman–Crippen MR) is 114 cm³/mol. The topological polar surface area (TPSA) is 73.6 Å². The molecule has 1 aliphatic rings. The van der Waals surface area contributed by atoms with E-state index < -0.39 is 0 Å². The molecule has 5 nitrogen and oxygen atoms in total. The minimum atomic E-state index is -0.344. The third-order valence-electron chi connectivity index (χ3n) is 5.04. The molecule has 3 rings (SSSR count). The summed E-state index contributed by atoms with van der Waals surface area (Å²) in [5.74, 6) is 0.420. The minimum absolute atomic E-state index is 0. The largest absolute Gasteiger partial charge is 0.490 e. The Morgan fingerprint density at radius 1 is 1.18 bits per heavy atom. The summed E-state index contributed by atoms with van der Waals surface area (Å²) >= 11 is 0. The third-order valence-corrected chi connectivity index (χ3v) is 5.04.